The van der Waals surface area contributed by atoms with Crippen LogP contribution in [0.4, 0.5) is 11.4 Å². The van der Waals surface area contributed by atoms with Crippen molar-refractivity contribution < 1.29 is 14.3 Å². The van der Waals surface area contributed by atoms with Gasteiger partial charge in [-0.15, -0.1) is 0 Å². The van der Waals surface area contributed by atoms with Crippen LogP contribution in [-0.2, 0) is 16.1 Å². The predicted molar refractivity (Wildman–Crippen MR) is 142 cm³/mol. The normalized spacial score (nSPS) is 11.3. The van der Waals surface area contributed by atoms with E-state index in [-0.39, 0.29) is 18.5 Å². The number of nitrogens with two attached hydrogens (primary N) is 1. The van der Waals surface area contributed by atoms with Gasteiger partial charge in [-0.3, -0.25) is 10.2 Å². The molecule has 7 nitrogen and oxygen atoms in total. The molecular weight excluding hydrogens is 452 g/mol. The van der Waals surface area contributed by atoms with Crippen LogP contribution in [0.3, 0.4) is 0 Å². The van der Waals surface area contributed by atoms with Crippen LogP contribution in [0.2, 0.25) is 0 Å². The lowest BCUT2D eigenvalue weighted by molar-refractivity contribution is -0.117. The minimum absolute atomic E-state index is 0.0109. The first-order chi connectivity index (χ1) is 17.6. The molecule has 0 radical (unpaired) electrons. The van der Waals surface area contributed by atoms with Gasteiger partial charge in [-0.2, -0.15) is 0 Å². The summed E-state index contributed by atoms with van der Waals surface area (Å²) in [7, 11) is 0. The van der Waals surface area contributed by atoms with Crippen LogP contribution in [0.15, 0.2) is 109 Å². The van der Waals surface area contributed by atoms with E-state index in [1.165, 1.54) is 0 Å². The molecule has 0 unspecified atom stereocenters. The molecule has 0 spiro atoms. The summed E-state index contributed by atoms with van der Waals surface area (Å²) in [6, 6.07) is 32.9. The standard InChI is InChI=1S/C29H28N4O3/c30-28(31)23-11-15-25(16-12-23)32-27(29(34)33-24-9-5-2-6-10-24)22-13-17-26(18-14-22)36-20-35-19-21-7-3-1-4-8-21/h1-18,27,32H,19-20H2,(H3,30,31)(H,33,34)/t27-/m1/s1. The van der Waals surface area contributed by atoms with Gasteiger partial charge in [0.1, 0.15) is 17.6 Å². The molecule has 0 aliphatic rings. The average molecular weight is 481 g/mol. The summed E-state index contributed by atoms with van der Waals surface area (Å²) in [5, 5.41) is 13.8. The molecule has 4 aromatic carbocycles. The second-order valence-corrected chi connectivity index (χ2v) is 8.09. The zero-order valence-corrected chi connectivity index (χ0v) is 19.7. The van der Waals surface area contributed by atoms with E-state index in [4.69, 9.17) is 20.6 Å². The lowest BCUT2D eigenvalue weighted by Crippen LogP contribution is -2.27. The Bertz CT molecular complexity index is 1260. The van der Waals surface area contributed by atoms with E-state index in [1.807, 2.05) is 84.9 Å². The number of benzene rings is 4. The summed E-state index contributed by atoms with van der Waals surface area (Å²) in [5.74, 6) is 0.416. The van der Waals surface area contributed by atoms with Gasteiger partial charge in [0, 0.05) is 16.9 Å². The van der Waals surface area contributed by atoms with E-state index < -0.39 is 6.04 Å². The number of hydrogen-bond acceptors (Lipinski definition) is 5. The Morgan fingerprint density at radius 3 is 2.08 bits per heavy atom. The number of carbonyl (C=O) groups excluding carboxylic acids is 1. The molecule has 0 aromatic heterocycles. The van der Waals surface area contributed by atoms with Crippen molar-refractivity contribution in [3.05, 3.63) is 126 Å². The summed E-state index contributed by atoms with van der Waals surface area (Å²) in [6.45, 7) is 0.583. The quantitative estimate of drug-likeness (QED) is 0.101. The van der Waals surface area contributed by atoms with Crippen molar-refractivity contribution in [2.45, 2.75) is 12.6 Å². The lowest BCUT2D eigenvalue weighted by Gasteiger charge is -2.21. The van der Waals surface area contributed by atoms with Gasteiger partial charge in [0.25, 0.3) is 5.91 Å². The van der Waals surface area contributed by atoms with Gasteiger partial charge < -0.3 is 25.8 Å². The number of hydrogen-bond donors (Lipinski definition) is 4. The third kappa shape index (κ3) is 6.94. The van der Waals surface area contributed by atoms with Gasteiger partial charge in [-0.05, 0) is 59.7 Å². The van der Waals surface area contributed by atoms with Crippen molar-refractivity contribution in [2.75, 3.05) is 17.4 Å². The Labute approximate surface area is 210 Å². The molecular formula is C29H28N4O3. The Hall–Kier alpha value is -4.62. The van der Waals surface area contributed by atoms with E-state index in [0.717, 1.165) is 16.8 Å². The molecule has 5 N–H and O–H groups in total. The van der Waals surface area contributed by atoms with Crippen LogP contribution in [0.1, 0.15) is 22.7 Å². The number of amidine groups is 1. The number of nitrogens with one attached hydrogen (secondary N) is 3. The fourth-order valence-corrected chi connectivity index (χ4v) is 3.55. The molecule has 0 saturated heterocycles. The Kier molecular flexibility index (Phi) is 8.30. The third-order valence-electron chi connectivity index (χ3n) is 5.44. The number of para-hydroxylation sites is 1. The van der Waals surface area contributed by atoms with Crippen LogP contribution >= 0.6 is 0 Å². The second kappa shape index (κ2) is 12.2. The molecule has 182 valence electrons. The summed E-state index contributed by atoms with van der Waals surface area (Å²) in [4.78, 5) is 13.2. The number of ether oxygens (including phenoxy) is 2. The maximum atomic E-state index is 13.2. The number of rotatable bonds is 11. The van der Waals surface area contributed by atoms with Crippen molar-refractivity contribution in [1.29, 1.82) is 5.41 Å². The Morgan fingerprint density at radius 2 is 1.44 bits per heavy atom. The first kappa shape index (κ1) is 24.5. The molecule has 1 amide bonds. The van der Waals surface area contributed by atoms with Crippen molar-refractivity contribution in [3.63, 3.8) is 0 Å². The van der Waals surface area contributed by atoms with Gasteiger partial charge in [-0.25, -0.2) is 0 Å². The molecule has 36 heavy (non-hydrogen) atoms. The minimum atomic E-state index is -0.670. The zero-order chi connectivity index (χ0) is 25.2. The van der Waals surface area contributed by atoms with Crippen molar-refractivity contribution >= 4 is 23.1 Å². The SMILES string of the molecule is N=C(N)c1ccc(N[C@@H](C(=O)Nc2ccccc2)c2ccc(OCOCc3ccccc3)cc2)cc1. The van der Waals surface area contributed by atoms with Gasteiger partial charge in [0.05, 0.1) is 6.61 Å². The monoisotopic (exact) mass is 480 g/mol. The number of nitrogen functional groups attached to an aromatic ring is 1. The minimum Gasteiger partial charge on any atom is -0.468 e. The summed E-state index contributed by atoms with van der Waals surface area (Å²) >= 11 is 0. The maximum absolute atomic E-state index is 13.2. The largest absolute Gasteiger partial charge is 0.468 e. The van der Waals surface area contributed by atoms with Crippen LogP contribution < -0.4 is 21.1 Å². The molecule has 0 aliphatic carbocycles. The van der Waals surface area contributed by atoms with E-state index >= 15 is 0 Å². The molecule has 0 fully saturated rings. The highest BCUT2D eigenvalue weighted by molar-refractivity contribution is 5.98. The molecule has 4 rings (SSSR count). The summed E-state index contributed by atoms with van der Waals surface area (Å²) in [5.41, 5.74) is 9.43. The number of anilines is 2. The van der Waals surface area contributed by atoms with Crippen molar-refractivity contribution in [2.24, 2.45) is 5.73 Å². The topological polar surface area (TPSA) is 109 Å². The molecule has 7 heteroatoms. The number of amides is 1. The second-order valence-electron chi connectivity index (χ2n) is 8.09. The maximum Gasteiger partial charge on any atom is 0.251 e. The Morgan fingerprint density at radius 1 is 0.806 bits per heavy atom. The van der Waals surface area contributed by atoms with Crippen LogP contribution in [-0.4, -0.2) is 18.5 Å². The fourth-order valence-electron chi connectivity index (χ4n) is 3.55. The summed E-state index contributed by atoms with van der Waals surface area (Å²) in [6.07, 6.45) is 0. The molecule has 0 bridgehead atoms. The highest BCUT2D eigenvalue weighted by atomic mass is 16.7. The average Bonchev–Trinajstić information content (AvgIpc) is 2.91. The fraction of sp³-hybridized carbons (Fsp3) is 0.103. The lowest BCUT2D eigenvalue weighted by atomic mass is 10.0. The Balaban J connectivity index is 1.43. The smallest absolute Gasteiger partial charge is 0.251 e. The van der Waals surface area contributed by atoms with E-state index in [2.05, 4.69) is 10.6 Å². The third-order valence-corrected chi connectivity index (χ3v) is 5.44. The van der Waals surface area contributed by atoms with Crippen molar-refractivity contribution in [3.8, 4) is 5.75 Å². The first-order valence-electron chi connectivity index (χ1n) is 11.5. The first-order valence-corrected chi connectivity index (χ1v) is 11.5. The van der Waals surface area contributed by atoms with Crippen LogP contribution in [0.5, 0.6) is 5.75 Å². The van der Waals surface area contributed by atoms with Crippen LogP contribution in [0.25, 0.3) is 0 Å². The molecule has 4 aromatic rings. The summed E-state index contributed by atoms with van der Waals surface area (Å²) < 4.78 is 11.3. The van der Waals surface area contributed by atoms with Gasteiger partial charge in [0.15, 0.2) is 6.79 Å². The van der Waals surface area contributed by atoms with E-state index in [0.29, 0.717) is 23.6 Å². The number of carbonyl (C=O) groups is 1. The molecule has 1 atom stereocenters. The van der Waals surface area contributed by atoms with E-state index in [1.54, 1.807) is 24.3 Å². The van der Waals surface area contributed by atoms with Crippen LogP contribution in [0, 0.1) is 5.41 Å². The van der Waals surface area contributed by atoms with Gasteiger partial charge in [0.2, 0.25) is 0 Å². The van der Waals surface area contributed by atoms with Gasteiger partial charge >= 0.3 is 0 Å². The molecule has 0 aliphatic heterocycles. The van der Waals surface area contributed by atoms with Crippen molar-refractivity contribution in [1.82, 2.24) is 0 Å². The molecule has 0 saturated carbocycles. The van der Waals surface area contributed by atoms with E-state index in [9.17, 15) is 4.79 Å². The predicted octanol–water partition coefficient (Wildman–Crippen LogP) is 5.32. The zero-order valence-electron chi connectivity index (χ0n) is 19.7. The highest BCUT2D eigenvalue weighted by Gasteiger charge is 2.21. The van der Waals surface area contributed by atoms with Gasteiger partial charge in [-0.1, -0.05) is 60.7 Å². The molecule has 0 heterocycles. The highest BCUT2D eigenvalue weighted by Crippen LogP contribution is 2.24.